The predicted octanol–water partition coefficient (Wildman–Crippen LogP) is 7.85. The molecular weight excluding hydrogens is 471 g/mol. The first-order chi connectivity index (χ1) is 17.4. The molecule has 0 N–H and O–H groups in total. The lowest BCUT2D eigenvalue weighted by molar-refractivity contribution is 0.352. The van der Waals surface area contributed by atoms with Crippen molar-refractivity contribution >= 4 is 10.8 Å². The first kappa shape index (κ1) is 25.0. The Labute approximate surface area is 205 Å². The van der Waals surface area contributed by atoms with Gasteiger partial charge in [0.1, 0.15) is 30.7 Å². The molecule has 0 saturated carbocycles. The number of fused-ring (bicyclic) bond motifs is 1. The van der Waals surface area contributed by atoms with Gasteiger partial charge < -0.3 is 4.74 Å². The molecule has 4 aromatic carbocycles. The molecule has 4 rings (SSSR count). The van der Waals surface area contributed by atoms with E-state index in [4.69, 9.17) is 4.74 Å². The van der Waals surface area contributed by atoms with Crippen molar-refractivity contribution in [3.05, 3.63) is 124 Å². The maximum atomic E-state index is 14.9. The van der Waals surface area contributed by atoms with Crippen molar-refractivity contribution < 1.29 is 26.7 Å². The van der Waals surface area contributed by atoms with Crippen molar-refractivity contribution in [1.82, 2.24) is 0 Å². The molecule has 0 fully saturated rings. The highest BCUT2D eigenvalue weighted by atomic mass is 19.2. The minimum atomic E-state index is -1.00. The molecule has 0 aliphatic carbocycles. The zero-order chi connectivity index (χ0) is 25.7. The molecule has 0 radical (unpaired) electrons. The summed E-state index contributed by atoms with van der Waals surface area (Å²) in [5.74, 6) is 0.770. The number of rotatable bonds is 6. The van der Waals surface area contributed by atoms with Crippen LogP contribution in [0.25, 0.3) is 10.8 Å². The van der Waals surface area contributed by atoms with E-state index in [-0.39, 0.29) is 12.2 Å². The lowest BCUT2D eigenvalue weighted by atomic mass is 9.90. The second-order valence-corrected chi connectivity index (χ2v) is 8.06. The molecule has 0 amide bonds. The first-order valence-corrected chi connectivity index (χ1v) is 11.2. The minimum absolute atomic E-state index is 0.114. The van der Waals surface area contributed by atoms with E-state index in [0.717, 1.165) is 24.3 Å². The number of hydrogen-bond donors (Lipinski definition) is 0. The highest BCUT2D eigenvalue weighted by Gasteiger charge is 2.21. The SMILES string of the molecule is C/C=C/COc1ccccc1C(CF)c1cc(F)c(C#Cc2ccc3cc(F)c(F)cc3c2)c(F)c1. The number of ether oxygens (including phenoxy) is 1. The average molecular weight is 492 g/mol. The van der Waals surface area contributed by atoms with Gasteiger partial charge in [0, 0.05) is 17.0 Å². The summed E-state index contributed by atoms with van der Waals surface area (Å²) in [5.41, 5.74) is 0.481. The molecule has 1 atom stereocenters. The lowest BCUT2D eigenvalue weighted by Gasteiger charge is -2.19. The van der Waals surface area contributed by atoms with Crippen LogP contribution in [0.15, 0.2) is 78.9 Å². The number of hydrogen-bond acceptors (Lipinski definition) is 1. The summed E-state index contributed by atoms with van der Waals surface area (Å²) in [5, 5.41) is 0.867. The highest BCUT2D eigenvalue weighted by Crippen LogP contribution is 2.34. The topological polar surface area (TPSA) is 9.23 Å². The maximum Gasteiger partial charge on any atom is 0.159 e. The zero-order valence-electron chi connectivity index (χ0n) is 19.3. The molecule has 0 aliphatic rings. The summed E-state index contributed by atoms with van der Waals surface area (Å²) >= 11 is 0. The Bertz CT molecular complexity index is 1470. The monoisotopic (exact) mass is 492 g/mol. The predicted molar refractivity (Wildman–Crippen MR) is 131 cm³/mol. The smallest absolute Gasteiger partial charge is 0.159 e. The van der Waals surface area contributed by atoms with Crippen LogP contribution < -0.4 is 4.74 Å². The number of para-hydroxylation sites is 1. The molecule has 4 aromatic rings. The number of halogens is 5. The van der Waals surface area contributed by atoms with E-state index in [9.17, 15) is 22.0 Å². The molecule has 0 saturated heterocycles. The third-order valence-electron chi connectivity index (χ3n) is 5.70. The fourth-order valence-corrected chi connectivity index (χ4v) is 3.85. The van der Waals surface area contributed by atoms with Gasteiger partial charge >= 0.3 is 0 Å². The minimum Gasteiger partial charge on any atom is -0.489 e. The van der Waals surface area contributed by atoms with E-state index in [1.54, 1.807) is 42.5 Å². The van der Waals surface area contributed by atoms with Crippen LogP contribution in [0.5, 0.6) is 5.75 Å². The fourth-order valence-electron chi connectivity index (χ4n) is 3.85. The lowest BCUT2D eigenvalue weighted by Crippen LogP contribution is -2.08. The number of allylic oxidation sites excluding steroid dienone is 1. The molecule has 0 aromatic heterocycles. The van der Waals surface area contributed by atoms with Crippen LogP contribution >= 0.6 is 0 Å². The van der Waals surface area contributed by atoms with Crippen molar-refractivity contribution in [3.63, 3.8) is 0 Å². The summed E-state index contributed by atoms with van der Waals surface area (Å²) in [4.78, 5) is 0. The van der Waals surface area contributed by atoms with Crippen LogP contribution in [0.4, 0.5) is 22.0 Å². The summed E-state index contributed by atoms with van der Waals surface area (Å²) < 4.78 is 76.6. The molecule has 0 heterocycles. The third-order valence-corrected chi connectivity index (χ3v) is 5.70. The van der Waals surface area contributed by atoms with E-state index in [1.165, 1.54) is 6.07 Å². The summed E-state index contributed by atoms with van der Waals surface area (Å²) in [6.45, 7) is 1.23. The maximum absolute atomic E-state index is 14.9. The van der Waals surface area contributed by atoms with Crippen molar-refractivity contribution in [2.45, 2.75) is 12.8 Å². The number of benzene rings is 4. The van der Waals surface area contributed by atoms with Gasteiger partial charge in [0.25, 0.3) is 0 Å². The second kappa shape index (κ2) is 11.1. The Morgan fingerprint density at radius 3 is 2.19 bits per heavy atom. The van der Waals surface area contributed by atoms with Gasteiger partial charge in [0.2, 0.25) is 0 Å². The van der Waals surface area contributed by atoms with Crippen LogP contribution in [0.3, 0.4) is 0 Å². The first-order valence-electron chi connectivity index (χ1n) is 11.2. The Kier molecular flexibility index (Phi) is 7.70. The van der Waals surface area contributed by atoms with E-state index in [2.05, 4.69) is 11.8 Å². The Balaban J connectivity index is 1.66. The third kappa shape index (κ3) is 5.41. The second-order valence-electron chi connectivity index (χ2n) is 8.06. The standard InChI is InChI=1S/C30H21F5O/c1-2-3-12-36-30-7-5-4-6-23(30)25(18-31)22-16-26(32)24(27(33)17-22)11-9-19-8-10-20-14-28(34)29(35)15-21(20)13-19/h2-8,10,13-17,25H,12,18H2,1H3/b3-2+. The highest BCUT2D eigenvalue weighted by molar-refractivity contribution is 5.84. The molecule has 6 heteroatoms. The van der Waals surface area contributed by atoms with Gasteiger partial charge in [-0.1, -0.05) is 48.3 Å². The van der Waals surface area contributed by atoms with Gasteiger partial charge in [0.15, 0.2) is 11.6 Å². The fraction of sp³-hybridized carbons (Fsp3) is 0.133. The van der Waals surface area contributed by atoms with Gasteiger partial charge in [0.05, 0.1) is 5.56 Å². The van der Waals surface area contributed by atoms with Crippen molar-refractivity contribution in [3.8, 4) is 17.6 Å². The summed E-state index contributed by atoms with van der Waals surface area (Å²) in [7, 11) is 0. The van der Waals surface area contributed by atoms with Gasteiger partial charge in [-0.25, -0.2) is 17.6 Å². The quantitative estimate of drug-likeness (QED) is 0.151. The summed E-state index contributed by atoms with van der Waals surface area (Å²) in [6, 6.07) is 15.6. The molecule has 1 nitrogen and oxygen atoms in total. The molecule has 0 aliphatic heterocycles. The van der Waals surface area contributed by atoms with Crippen LogP contribution in [0.1, 0.15) is 35.1 Å². The average Bonchev–Trinajstić information content (AvgIpc) is 2.86. The molecule has 0 bridgehead atoms. The normalized spacial score (nSPS) is 11.9. The van der Waals surface area contributed by atoms with E-state index < -0.39 is 41.4 Å². The molecule has 182 valence electrons. The largest absolute Gasteiger partial charge is 0.489 e. The van der Waals surface area contributed by atoms with Crippen molar-refractivity contribution in [1.29, 1.82) is 0 Å². The Hall–Kier alpha value is -4.11. The zero-order valence-corrected chi connectivity index (χ0v) is 19.3. The van der Waals surface area contributed by atoms with Crippen LogP contribution in [-0.2, 0) is 0 Å². The van der Waals surface area contributed by atoms with E-state index in [1.807, 2.05) is 13.0 Å². The van der Waals surface area contributed by atoms with E-state index in [0.29, 0.717) is 27.6 Å². The van der Waals surface area contributed by atoms with Crippen molar-refractivity contribution in [2.75, 3.05) is 13.3 Å². The summed E-state index contributed by atoms with van der Waals surface area (Å²) in [6.07, 6.45) is 3.61. The van der Waals surface area contributed by atoms with Gasteiger partial charge in [-0.3, -0.25) is 4.39 Å². The molecule has 0 spiro atoms. The van der Waals surface area contributed by atoms with Crippen molar-refractivity contribution in [2.24, 2.45) is 0 Å². The molecule has 1 unspecified atom stereocenters. The molecule has 36 heavy (non-hydrogen) atoms. The van der Waals surface area contributed by atoms with E-state index >= 15 is 0 Å². The van der Waals surface area contributed by atoms with Crippen LogP contribution in [0.2, 0.25) is 0 Å². The number of alkyl halides is 1. The Morgan fingerprint density at radius 1 is 0.806 bits per heavy atom. The van der Waals surface area contributed by atoms with Gasteiger partial charge in [-0.15, -0.1) is 0 Å². The van der Waals surface area contributed by atoms with Crippen LogP contribution in [0, 0.1) is 35.1 Å². The van der Waals surface area contributed by atoms with Gasteiger partial charge in [-0.2, -0.15) is 0 Å². The Morgan fingerprint density at radius 2 is 1.50 bits per heavy atom. The van der Waals surface area contributed by atoms with Gasteiger partial charge in [-0.05, 0) is 65.7 Å². The molecular formula is C30H21F5O. The van der Waals surface area contributed by atoms with Crippen LogP contribution in [-0.4, -0.2) is 13.3 Å².